The number of aromatic nitrogens is 2. The minimum Gasteiger partial charge on any atom is -0.485 e. The number of furan rings is 1. The number of hydrogen-bond donors (Lipinski definition) is 0. The molecule has 0 fully saturated rings. The number of ether oxygens (including phenoxy) is 1. The van der Waals surface area contributed by atoms with Crippen LogP contribution in [0.4, 0.5) is 5.69 Å². The highest BCUT2D eigenvalue weighted by molar-refractivity contribution is 6.30. The van der Waals surface area contributed by atoms with Crippen molar-refractivity contribution in [1.29, 1.82) is 0 Å². The summed E-state index contributed by atoms with van der Waals surface area (Å²) in [5, 5.41) is 15.3. The monoisotopic (exact) mass is 411 g/mol. The maximum Gasteiger partial charge on any atom is 0.293 e. The fourth-order valence-corrected chi connectivity index (χ4v) is 2.89. The first-order chi connectivity index (χ1) is 14.0. The largest absolute Gasteiger partial charge is 0.485 e. The van der Waals surface area contributed by atoms with Crippen molar-refractivity contribution in [3.63, 3.8) is 0 Å². The predicted molar refractivity (Wildman–Crippen MR) is 105 cm³/mol. The zero-order valence-corrected chi connectivity index (χ0v) is 15.9. The van der Waals surface area contributed by atoms with Crippen LogP contribution in [0.25, 0.3) is 23.0 Å². The van der Waals surface area contributed by atoms with Crippen molar-refractivity contribution in [2.24, 2.45) is 0 Å². The van der Waals surface area contributed by atoms with Crippen molar-refractivity contribution < 1.29 is 18.6 Å². The van der Waals surface area contributed by atoms with Gasteiger partial charge in [-0.1, -0.05) is 16.8 Å². The smallest absolute Gasteiger partial charge is 0.293 e. The maximum absolute atomic E-state index is 10.7. The number of rotatable bonds is 6. The Morgan fingerprint density at radius 2 is 1.93 bits per heavy atom. The fourth-order valence-electron chi connectivity index (χ4n) is 2.67. The molecule has 0 aliphatic heterocycles. The number of nitro groups is 1. The Kier molecular flexibility index (Phi) is 5.01. The summed E-state index contributed by atoms with van der Waals surface area (Å²) >= 11 is 5.95. The van der Waals surface area contributed by atoms with Crippen LogP contribution in [0.1, 0.15) is 11.3 Å². The Balaban J connectivity index is 1.46. The molecular weight excluding hydrogens is 398 g/mol. The van der Waals surface area contributed by atoms with E-state index in [9.17, 15) is 10.1 Å². The van der Waals surface area contributed by atoms with E-state index in [-0.39, 0.29) is 18.2 Å². The molecule has 0 radical (unpaired) electrons. The van der Waals surface area contributed by atoms with Gasteiger partial charge in [-0.2, -0.15) is 4.98 Å². The van der Waals surface area contributed by atoms with Crippen LogP contribution < -0.4 is 4.74 Å². The van der Waals surface area contributed by atoms with E-state index < -0.39 is 4.92 Å². The first-order valence-corrected chi connectivity index (χ1v) is 8.94. The van der Waals surface area contributed by atoms with Gasteiger partial charge in [0.2, 0.25) is 5.82 Å². The van der Waals surface area contributed by atoms with Crippen LogP contribution in [0.3, 0.4) is 0 Å². The van der Waals surface area contributed by atoms with Crippen molar-refractivity contribution in [3.05, 3.63) is 81.1 Å². The zero-order valence-electron chi connectivity index (χ0n) is 15.2. The average Bonchev–Trinajstić information content (AvgIpc) is 3.37. The van der Waals surface area contributed by atoms with Gasteiger partial charge >= 0.3 is 0 Å². The van der Waals surface area contributed by atoms with Crippen LogP contribution in [0.2, 0.25) is 5.02 Å². The molecule has 0 aliphatic rings. The van der Waals surface area contributed by atoms with Gasteiger partial charge < -0.3 is 13.7 Å². The molecule has 0 aliphatic carbocycles. The lowest BCUT2D eigenvalue weighted by atomic mass is 10.2. The first-order valence-electron chi connectivity index (χ1n) is 8.56. The number of nitrogens with zero attached hydrogens (tertiary/aromatic N) is 3. The van der Waals surface area contributed by atoms with Crippen LogP contribution in [-0.4, -0.2) is 15.1 Å². The SMILES string of the molecule is Cc1cc(Cl)ccc1OCc1ccc(-c2nc(-c3ccc([N+](=O)[O-])cc3)no2)o1. The molecule has 4 aromatic rings. The molecule has 2 aromatic heterocycles. The first kappa shape index (κ1) is 18.7. The summed E-state index contributed by atoms with van der Waals surface area (Å²) in [6, 6.07) is 14.7. The third-order valence-corrected chi connectivity index (χ3v) is 4.38. The molecule has 8 nitrogen and oxygen atoms in total. The molecule has 2 heterocycles. The second-order valence-corrected chi connectivity index (χ2v) is 6.63. The number of nitro benzene ring substituents is 1. The topological polar surface area (TPSA) is 104 Å². The van der Waals surface area contributed by atoms with Gasteiger partial charge in [-0.05, 0) is 55.0 Å². The van der Waals surface area contributed by atoms with Gasteiger partial charge in [0, 0.05) is 22.7 Å². The number of hydrogen-bond acceptors (Lipinski definition) is 7. The summed E-state index contributed by atoms with van der Waals surface area (Å²) in [7, 11) is 0. The van der Waals surface area contributed by atoms with E-state index in [0.717, 1.165) is 5.56 Å². The molecular formula is C20H14ClN3O5. The minimum absolute atomic E-state index is 0.0101. The Morgan fingerprint density at radius 3 is 2.66 bits per heavy atom. The number of aryl methyl sites for hydroxylation is 1. The quantitative estimate of drug-likeness (QED) is 0.307. The highest BCUT2D eigenvalue weighted by Crippen LogP contribution is 2.27. The van der Waals surface area contributed by atoms with Gasteiger partial charge in [-0.3, -0.25) is 10.1 Å². The molecule has 2 aromatic carbocycles. The van der Waals surface area contributed by atoms with Crippen LogP contribution in [-0.2, 0) is 6.61 Å². The van der Waals surface area contributed by atoms with Crippen molar-refractivity contribution >= 4 is 17.3 Å². The van der Waals surface area contributed by atoms with E-state index in [4.69, 9.17) is 25.3 Å². The molecule has 0 atom stereocenters. The third-order valence-electron chi connectivity index (χ3n) is 4.14. The fraction of sp³-hybridized carbons (Fsp3) is 0.100. The Hall–Kier alpha value is -3.65. The van der Waals surface area contributed by atoms with Crippen molar-refractivity contribution in [2.75, 3.05) is 0 Å². The van der Waals surface area contributed by atoms with E-state index >= 15 is 0 Å². The lowest BCUT2D eigenvalue weighted by Gasteiger charge is -2.07. The second kappa shape index (κ2) is 7.76. The Bertz CT molecular complexity index is 1170. The number of non-ortho nitro benzene ring substituents is 1. The van der Waals surface area contributed by atoms with E-state index in [2.05, 4.69) is 10.1 Å². The van der Waals surface area contributed by atoms with E-state index in [1.54, 1.807) is 36.4 Å². The maximum atomic E-state index is 10.7. The Morgan fingerprint density at radius 1 is 1.14 bits per heavy atom. The third kappa shape index (κ3) is 4.12. The standard InChI is InChI=1S/C20H14ClN3O5/c1-12-10-14(21)4-8-17(12)27-11-16-7-9-18(28-16)20-22-19(23-29-20)13-2-5-15(6-3-13)24(25)26/h2-10H,11H2,1H3. The molecule has 0 bridgehead atoms. The van der Waals surface area contributed by atoms with E-state index in [1.165, 1.54) is 12.1 Å². The number of halogens is 1. The molecule has 146 valence electrons. The van der Waals surface area contributed by atoms with Crippen molar-refractivity contribution in [2.45, 2.75) is 13.5 Å². The average molecular weight is 412 g/mol. The summed E-state index contributed by atoms with van der Waals surface area (Å²) in [6.07, 6.45) is 0. The summed E-state index contributed by atoms with van der Waals surface area (Å²) in [6.45, 7) is 2.14. The molecule has 0 N–H and O–H groups in total. The molecule has 0 amide bonds. The van der Waals surface area contributed by atoms with Crippen molar-refractivity contribution in [3.8, 4) is 28.8 Å². The highest BCUT2D eigenvalue weighted by Gasteiger charge is 2.15. The van der Waals surface area contributed by atoms with Gasteiger partial charge in [0.1, 0.15) is 18.1 Å². The van der Waals surface area contributed by atoms with Gasteiger partial charge in [-0.25, -0.2) is 0 Å². The van der Waals surface area contributed by atoms with Crippen LogP contribution in [0.15, 0.2) is 63.5 Å². The predicted octanol–water partition coefficient (Wildman–Crippen LogP) is 5.45. The van der Waals surface area contributed by atoms with Crippen LogP contribution in [0, 0.1) is 17.0 Å². The molecule has 0 saturated heterocycles. The normalized spacial score (nSPS) is 10.8. The molecule has 0 saturated carbocycles. The highest BCUT2D eigenvalue weighted by atomic mass is 35.5. The molecule has 4 rings (SSSR count). The molecule has 29 heavy (non-hydrogen) atoms. The van der Waals surface area contributed by atoms with Crippen molar-refractivity contribution in [1.82, 2.24) is 10.1 Å². The summed E-state index contributed by atoms with van der Waals surface area (Å²) in [5.74, 6) is 2.21. The summed E-state index contributed by atoms with van der Waals surface area (Å²) in [4.78, 5) is 14.6. The van der Waals surface area contributed by atoms with E-state index in [1.807, 2.05) is 13.0 Å². The van der Waals surface area contributed by atoms with Gasteiger partial charge in [0.15, 0.2) is 5.76 Å². The summed E-state index contributed by atoms with van der Waals surface area (Å²) < 4.78 is 16.7. The molecule has 0 unspecified atom stereocenters. The Labute approximate surface area is 169 Å². The van der Waals surface area contributed by atoms with Crippen LogP contribution in [0.5, 0.6) is 5.75 Å². The lowest BCUT2D eigenvalue weighted by molar-refractivity contribution is -0.384. The minimum atomic E-state index is -0.469. The summed E-state index contributed by atoms with van der Waals surface area (Å²) in [5.41, 5.74) is 1.51. The molecule has 0 spiro atoms. The second-order valence-electron chi connectivity index (χ2n) is 6.19. The lowest BCUT2D eigenvalue weighted by Crippen LogP contribution is -1.95. The van der Waals surface area contributed by atoms with E-state index in [0.29, 0.717) is 33.7 Å². The zero-order chi connectivity index (χ0) is 20.4. The van der Waals surface area contributed by atoms with Gasteiger partial charge in [0.05, 0.1) is 4.92 Å². The van der Waals surface area contributed by atoms with Gasteiger partial charge in [-0.15, -0.1) is 0 Å². The molecule has 9 heteroatoms. The van der Waals surface area contributed by atoms with Gasteiger partial charge in [0.25, 0.3) is 11.6 Å². The van der Waals surface area contributed by atoms with Crippen LogP contribution >= 0.6 is 11.6 Å². The number of benzene rings is 2.